The molecule has 108 valence electrons. The Morgan fingerprint density at radius 2 is 1.95 bits per heavy atom. The van der Waals surface area contributed by atoms with Gasteiger partial charge in [-0.25, -0.2) is 4.79 Å². The van der Waals surface area contributed by atoms with E-state index in [1.807, 2.05) is 13.0 Å². The number of aryl methyl sites for hydroxylation is 1. The van der Waals surface area contributed by atoms with Crippen molar-refractivity contribution >= 4 is 35.2 Å². The van der Waals surface area contributed by atoms with Crippen LogP contribution in [0.4, 0.5) is 0 Å². The summed E-state index contributed by atoms with van der Waals surface area (Å²) >= 11 is 12.0. The molecule has 0 amide bonds. The molecule has 2 aromatic carbocycles. The maximum Gasteiger partial charge on any atom is 0.328 e. The first-order chi connectivity index (χ1) is 9.95. The lowest BCUT2D eigenvalue weighted by Crippen LogP contribution is -1.89. The van der Waals surface area contributed by atoms with E-state index in [4.69, 9.17) is 33.0 Å². The molecule has 0 aliphatic heterocycles. The molecule has 1 N–H and O–H groups in total. The van der Waals surface area contributed by atoms with Crippen molar-refractivity contribution in [3.63, 3.8) is 0 Å². The van der Waals surface area contributed by atoms with Crippen LogP contribution >= 0.6 is 23.2 Å². The second-order valence-corrected chi connectivity index (χ2v) is 5.21. The lowest BCUT2D eigenvalue weighted by Gasteiger charge is -2.10. The van der Waals surface area contributed by atoms with Crippen LogP contribution in [0.15, 0.2) is 42.5 Å². The van der Waals surface area contributed by atoms with Crippen molar-refractivity contribution in [3.8, 4) is 11.5 Å². The fourth-order valence-corrected chi connectivity index (χ4v) is 2.18. The predicted molar refractivity (Wildman–Crippen MR) is 84.4 cm³/mol. The van der Waals surface area contributed by atoms with Crippen LogP contribution in [-0.2, 0) is 4.79 Å². The third-order valence-corrected chi connectivity index (χ3v) is 3.30. The minimum atomic E-state index is -1.02. The highest BCUT2D eigenvalue weighted by Gasteiger charge is 2.05. The summed E-state index contributed by atoms with van der Waals surface area (Å²) in [6.45, 7) is 1.90. The van der Waals surface area contributed by atoms with Crippen LogP contribution in [0.2, 0.25) is 10.0 Å². The normalized spacial score (nSPS) is 10.8. The van der Waals surface area contributed by atoms with Gasteiger partial charge in [0.05, 0.1) is 5.02 Å². The van der Waals surface area contributed by atoms with Gasteiger partial charge in [-0.1, -0.05) is 23.2 Å². The van der Waals surface area contributed by atoms with Crippen LogP contribution in [0.3, 0.4) is 0 Å². The van der Waals surface area contributed by atoms with Gasteiger partial charge in [0.15, 0.2) is 0 Å². The van der Waals surface area contributed by atoms with Gasteiger partial charge in [-0.05, 0) is 60.5 Å². The Balaban J connectivity index is 2.22. The fraction of sp³-hybridized carbons (Fsp3) is 0.0625. The first kappa shape index (κ1) is 15.4. The van der Waals surface area contributed by atoms with Crippen molar-refractivity contribution < 1.29 is 14.6 Å². The Bertz CT molecular complexity index is 709. The molecule has 0 aromatic heterocycles. The molecule has 0 atom stereocenters. The van der Waals surface area contributed by atoms with Crippen LogP contribution in [0, 0.1) is 6.92 Å². The molecule has 0 saturated carbocycles. The van der Waals surface area contributed by atoms with Crippen LogP contribution in [0.5, 0.6) is 11.5 Å². The van der Waals surface area contributed by atoms with Gasteiger partial charge >= 0.3 is 5.97 Å². The summed E-state index contributed by atoms with van der Waals surface area (Å²) in [5.41, 5.74) is 1.52. The van der Waals surface area contributed by atoms with Crippen molar-refractivity contribution in [2.45, 2.75) is 6.92 Å². The molecule has 0 fully saturated rings. The van der Waals surface area contributed by atoms with Gasteiger partial charge in [0, 0.05) is 11.1 Å². The van der Waals surface area contributed by atoms with Gasteiger partial charge in [-0.2, -0.15) is 0 Å². The zero-order valence-electron chi connectivity index (χ0n) is 11.1. The molecule has 0 unspecified atom stereocenters. The second kappa shape index (κ2) is 6.66. The largest absolute Gasteiger partial charge is 0.478 e. The average molecular weight is 323 g/mol. The van der Waals surface area contributed by atoms with Gasteiger partial charge < -0.3 is 9.84 Å². The lowest BCUT2D eigenvalue weighted by atomic mass is 10.2. The minimum absolute atomic E-state index is 0.414. The molecule has 0 radical (unpaired) electrons. The number of rotatable bonds is 4. The van der Waals surface area contributed by atoms with Gasteiger partial charge in [-0.3, -0.25) is 0 Å². The molecule has 0 aliphatic carbocycles. The highest BCUT2D eigenvalue weighted by Crippen LogP contribution is 2.30. The van der Waals surface area contributed by atoms with E-state index in [1.54, 1.807) is 30.3 Å². The summed E-state index contributed by atoms with van der Waals surface area (Å²) in [5, 5.41) is 9.66. The number of carboxylic acid groups (broad SMARTS) is 1. The molecule has 0 spiro atoms. The molecule has 0 bridgehead atoms. The molecule has 21 heavy (non-hydrogen) atoms. The molecule has 0 aliphatic rings. The van der Waals surface area contributed by atoms with E-state index < -0.39 is 5.97 Å². The van der Waals surface area contributed by atoms with Crippen LogP contribution in [0.25, 0.3) is 6.08 Å². The van der Waals surface area contributed by atoms with Crippen molar-refractivity contribution in [3.05, 3.63) is 63.6 Å². The fourth-order valence-electron chi connectivity index (χ4n) is 1.72. The van der Waals surface area contributed by atoms with E-state index in [-0.39, 0.29) is 0 Å². The third-order valence-electron chi connectivity index (χ3n) is 2.74. The Hall–Kier alpha value is -1.97. The minimum Gasteiger partial charge on any atom is -0.478 e. The standard InChI is InChI=1S/C16H12Cl2O3/c1-10-8-12(17)4-6-15(10)21-13-5-2-11(14(18)9-13)3-7-16(19)20/h2-9H,1H3,(H,19,20)/b7-3+. The molecule has 2 rings (SSSR count). The third kappa shape index (κ3) is 4.25. The molecule has 5 heteroatoms. The van der Waals surface area contributed by atoms with Crippen molar-refractivity contribution in [1.29, 1.82) is 0 Å². The molecule has 3 nitrogen and oxygen atoms in total. The summed E-state index contributed by atoms with van der Waals surface area (Å²) in [4.78, 5) is 10.5. The first-order valence-electron chi connectivity index (χ1n) is 6.10. The van der Waals surface area contributed by atoms with Crippen LogP contribution in [0.1, 0.15) is 11.1 Å². The average Bonchev–Trinajstić information content (AvgIpc) is 2.41. The van der Waals surface area contributed by atoms with Gasteiger partial charge in [0.1, 0.15) is 11.5 Å². The number of aliphatic carboxylic acids is 1. The van der Waals surface area contributed by atoms with E-state index in [9.17, 15) is 4.79 Å². The molecule has 0 heterocycles. The summed E-state index contributed by atoms with van der Waals surface area (Å²) in [6.07, 6.45) is 2.47. The van der Waals surface area contributed by atoms with E-state index in [0.29, 0.717) is 27.1 Å². The van der Waals surface area contributed by atoms with Crippen LogP contribution < -0.4 is 4.74 Å². The Morgan fingerprint density at radius 1 is 1.19 bits per heavy atom. The van der Waals surface area contributed by atoms with Gasteiger partial charge in [0.2, 0.25) is 0 Å². The number of ether oxygens (including phenoxy) is 1. The Labute approximate surface area is 132 Å². The summed E-state index contributed by atoms with van der Waals surface area (Å²) < 4.78 is 5.74. The highest BCUT2D eigenvalue weighted by atomic mass is 35.5. The van der Waals surface area contributed by atoms with Crippen molar-refractivity contribution in [2.75, 3.05) is 0 Å². The monoisotopic (exact) mass is 322 g/mol. The maximum absolute atomic E-state index is 10.5. The SMILES string of the molecule is Cc1cc(Cl)ccc1Oc1ccc(/C=C/C(=O)O)c(Cl)c1. The van der Waals surface area contributed by atoms with Gasteiger partial charge in [-0.15, -0.1) is 0 Å². The summed E-state index contributed by atoms with van der Waals surface area (Å²) in [5.74, 6) is 0.227. The molecule has 0 saturated heterocycles. The highest BCUT2D eigenvalue weighted by molar-refractivity contribution is 6.32. The zero-order chi connectivity index (χ0) is 15.4. The summed E-state index contributed by atoms with van der Waals surface area (Å²) in [7, 11) is 0. The number of hydrogen-bond donors (Lipinski definition) is 1. The van der Waals surface area contributed by atoms with E-state index in [0.717, 1.165) is 11.6 Å². The Kier molecular flexibility index (Phi) is 4.89. The topological polar surface area (TPSA) is 46.5 Å². The van der Waals surface area contributed by atoms with E-state index >= 15 is 0 Å². The van der Waals surface area contributed by atoms with Crippen molar-refractivity contribution in [2.24, 2.45) is 0 Å². The number of carbonyl (C=O) groups is 1. The van der Waals surface area contributed by atoms with Gasteiger partial charge in [0.25, 0.3) is 0 Å². The van der Waals surface area contributed by atoms with E-state index in [2.05, 4.69) is 0 Å². The zero-order valence-corrected chi connectivity index (χ0v) is 12.7. The quantitative estimate of drug-likeness (QED) is 0.787. The van der Waals surface area contributed by atoms with E-state index in [1.165, 1.54) is 6.08 Å². The lowest BCUT2D eigenvalue weighted by molar-refractivity contribution is -0.131. The Morgan fingerprint density at radius 3 is 2.57 bits per heavy atom. The van der Waals surface area contributed by atoms with Crippen LogP contribution in [-0.4, -0.2) is 11.1 Å². The predicted octanol–water partition coefficient (Wildman–Crippen LogP) is 5.19. The number of halogens is 2. The first-order valence-corrected chi connectivity index (χ1v) is 6.86. The summed E-state index contributed by atoms with van der Waals surface area (Å²) in [6, 6.07) is 10.4. The smallest absolute Gasteiger partial charge is 0.328 e. The second-order valence-electron chi connectivity index (χ2n) is 4.37. The molecule has 2 aromatic rings. The molecular formula is C16H12Cl2O3. The number of carboxylic acids is 1. The number of hydrogen-bond acceptors (Lipinski definition) is 2. The van der Waals surface area contributed by atoms with Crippen molar-refractivity contribution in [1.82, 2.24) is 0 Å². The molecular weight excluding hydrogens is 311 g/mol. The number of benzene rings is 2. The maximum atomic E-state index is 10.5.